The average molecular weight is 268 g/mol. The molecule has 0 aliphatic carbocycles. The van der Waals surface area contributed by atoms with Gasteiger partial charge in [0.2, 0.25) is 0 Å². The first kappa shape index (κ1) is 10.4. The summed E-state index contributed by atoms with van der Waals surface area (Å²) in [7, 11) is 0. The van der Waals surface area contributed by atoms with Gasteiger partial charge in [-0.15, -0.1) is 0 Å². The van der Waals surface area contributed by atoms with Crippen LogP contribution in [0.1, 0.15) is 5.69 Å². The third-order valence-corrected chi connectivity index (χ3v) is 2.73. The second kappa shape index (κ2) is 4.60. The molecule has 1 aromatic rings. The SMILES string of the molecule is N#Cc1ncc(Br)cc1N1CCOCC1. The quantitative estimate of drug-likeness (QED) is 0.775. The van der Waals surface area contributed by atoms with Crippen molar-refractivity contribution in [1.29, 1.82) is 5.26 Å². The summed E-state index contributed by atoms with van der Waals surface area (Å²) in [5, 5.41) is 8.95. The molecule has 1 saturated heterocycles. The molecule has 5 heteroatoms. The van der Waals surface area contributed by atoms with E-state index in [9.17, 15) is 0 Å². The number of rotatable bonds is 1. The molecule has 0 atom stereocenters. The maximum Gasteiger partial charge on any atom is 0.163 e. The number of ether oxygens (including phenoxy) is 1. The van der Waals surface area contributed by atoms with Crippen molar-refractivity contribution in [3.63, 3.8) is 0 Å². The van der Waals surface area contributed by atoms with E-state index in [4.69, 9.17) is 10.00 Å². The van der Waals surface area contributed by atoms with E-state index in [1.54, 1.807) is 6.20 Å². The predicted octanol–water partition coefficient (Wildman–Crippen LogP) is 1.55. The Balaban J connectivity index is 2.32. The lowest BCUT2D eigenvalue weighted by molar-refractivity contribution is 0.122. The van der Waals surface area contributed by atoms with Gasteiger partial charge in [-0.3, -0.25) is 0 Å². The third-order valence-electron chi connectivity index (χ3n) is 2.29. The molecule has 15 heavy (non-hydrogen) atoms. The van der Waals surface area contributed by atoms with E-state index in [0.29, 0.717) is 18.9 Å². The Morgan fingerprint density at radius 2 is 2.20 bits per heavy atom. The number of pyridine rings is 1. The van der Waals surface area contributed by atoms with E-state index >= 15 is 0 Å². The predicted molar refractivity (Wildman–Crippen MR) is 59.7 cm³/mol. The highest BCUT2D eigenvalue weighted by molar-refractivity contribution is 9.10. The Hall–Kier alpha value is -1.12. The average Bonchev–Trinajstić information content (AvgIpc) is 2.30. The second-order valence-electron chi connectivity index (χ2n) is 3.23. The Morgan fingerprint density at radius 3 is 2.87 bits per heavy atom. The van der Waals surface area contributed by atoms with Crippen LogP contribution in [0.2, 0.25) is 0 Å². The molecule has 1 aliphatic rings. The van der Waals surface area contributed by atoms with E-state index in [0.717, 1.165) is 23.2 Å². The maximum atomic E-state index is 8.95. The fraction of sp³-hybridized carbons (Fsp3) is 0.400. The molecule has 0 amide bonds. The van der Waals surface area contributed by atoms with Gasteiger partial charge in [-0.25, -0.2) is 4.98 Å². The van der Waals surface area contributed by atoms with Crippen LogP contribution in [-0.4, -0.2) is 31.3 Å². The number of nitriles is 1. The fourth-order valence-electron chi connectivity index (χ4n) is 1.56. The molecule has 0 N–H and O–H groups in total. The lowest BCUT2D eigenvalue weighted by Gasteiger charge is -2.29. The van der Waals surface area contributed by atoms with Gasteiger partial charge in [-0.2, -0.15) is 5.26 Å². The van der Waals surface area contributed by atoms with Gasteiger partial charge in [0, 0.05) is 23.8 Å². The highest BCUT2D eigenvalue weighted by Gasteiger charge is 2.15. The first-order chi connectivity index (χ1) is 7.31. The standard InChI is InChI=1S/C10H10BrN3O/c11-8-5-10(9(6-12)13-7-8)14-1-3-15-4-2-14/h5,7H,1-4H2. The largest absolute Gasteiger partial charge is 0.378 e. The van der Waals surface area contributed by atoms with Gasteiger partial charge in [-0.1, -0.05) is 0 Å². The summed E-state index contributed by atoms with van der Waals surface area (Å²) in [5.41, 5.74) is 1.36. The number of aromatic nitrogens is 1. The van der Waals surface area contributed by atoms with Crippen molar-refractivity contribution in [2.45, 2.75) is 0 Å². The molecule has 0 bridgehead atoms. The molecule has 4 nitrogen and oxygen atoms in total. The first-order valence-corrected chi connectivity index (χ1v) is 5.49. The van der Waals surface area contributed by atoms with Gasteiger partial charge >= 0.3 is 0 Å². The molecule has 0 aromatic carbocycles. The summed E-state index contributed by atoms with van der Waals surface area (Å²) in [6.07, 6.45) is 1.64. The van der Waals surface area contributed by atoms with Crippen molar-refractivity contribution in [2.75, 3.05) is 31.2 Å². The van der Waals surface area contributed by atoms with E-state index in [-0.39, 0.29) is 0 Å². The molecule has 2 rings (SSSR count). The minimum absolute atomic E-state index is 0.472. The van der Waals surface area contributed by atoms with Gasteiger partial charge in [0.25, 0.3) is 0 Å². The molecular formula is C10H10BrN3O. The summed E-state index contributed by atoms with van der Waals surface area (Å²) in [5.74, 6) is 0. The minimum atomic E-state index is 0.472. The third kappa shape index (κ3) is 2.28. The van der Waals surface area contributed by atoms with Gasteiger partial charge < -0.3 is 9.64 Å². The van der Waals surface area contributed by atoms with E-state index < -0.39 is 0 Å². The first-order valence-electron chi connectivity index (χ1n) is 4.69. The van der Waals surface area contributed by atoms with Crippen LogP contribution in [0.5, 0.6) is 0 Å². The zero-order valence-corrected chi connectivity index (χ0v) is 9.70. The molecule has 1 aliphatic heterocycles. The van der Waals surface area contributed by atoms with Crippen LogP contribution >= 0.6 is 15.9 Å². The smallest absolute Gasteiger partial charge is 0.163 e. The summed E-state index contributed by atoms with van der Waals surface area (Å²) >= 11 is 3.36. The van der Waals surface area contributed by atoms with Gasteiger partial charge in [0.1, 0.15) is 6.07 Å². The fourth-order valence-corrected chi connectivity index (χ4v) is 1.88. The summed E-state index contributed by atoms with van der Waals surface area (Å²) in [6.45, 7) is 3.04. The van der Waals surface area contributed by atoms with Crippen molar-refractivity contribution in [3.8, 4) is 6.07 Å². The summed E-state index contributed by atoms with van der Waals surface area (Å²) in [6, 6.07) is 4.03. The molecule has 1 aromatic heterocycles. The molecule has 1 fully saturated rings. The van der Waals surface area contributed by atoms with Gasteiger partial charge in [0.15, 0.2) is 5.69 Å². The van der Waals surface area contributed by atoms with Crippen molar-refractivity contribution in [1.82, 2.24) is 4.98 Å². The molecule has 0 unspecified atom stereocenters. The van der Waals surface area contributed by atoms with E-state index in [1.807, 2.05) is 6.07 Å². The molecule has 78 valence electrons. The van der Waals surface area contributed by atoms with Crippen LogP contribution in [0.3, 0.4) is 0 Å². The second-order valence-corrected chi connectivity index (χ2v) is 4.15. The van der Waals surface area contributed by atoms with Crippen molar-refractivity contribution in [3.05, 3.63) is 22.4 Å². The lowest BCUT2D eigenvalue weighted by Crippen LogP contribution is -2.36. The number of nitrogens with zero attached hydrogens (tertiary/aromatic N) is 3. The molecule has 0 radical (unpaired) electrons. The zero-order chi connectivity index (χ0) is 10.7. The number of hydrogen-bond acceptors (Lipinski definition) is 4. The Kier molecular flexibility index (Phi) is 3.19. The molecular weight excluding hydrogens is 258 g/mol. The Morgan fingerprint density at radius 1 is 1.47 bits per heavy atom. The number of anilines is 1. The minimum Gasteiger partial charge on any atom is -0.378 e. The Bertz CT molecular complexity index is 396. The zero-order valence-electron chi connectivity index (χ0n) is 8.11. The normalized spacial score (nSPS) is 16.1. The van der Waals surface area contributed by atoms with E-state index in [2.05, 4.69) is 31.9 Å². The molecule has 0 spiro atoms. The van der Waals surface area contributed by atoms with E-state index in [1.165, 1.54) is 0 Å². The molecule has 0 saturated carbocycles. The monoisotopic (exact) mass is 267 g/mol. The van der Waals surface area contributed by atoms with Crippen LogP contribution in [0.15, 0.2) is 16.7 Å². The van der Waals surface area contributed by atoms with Crippen LogP contribution in [0.25, 0.3) is 0 Å². The van der Waals surface area contributed by atoms with Gasteiger partial charge in [0.05, 0.1) is 18.9 Å². The summed E-state index contributed by atoms with van der Waals surface area (Å²) in [4.78, 5) is 6.21. The number of morpholine rings is 1. The van der Waals surface area contributed by atoms with Gasteiger partial charge in [-0.05, 0) is 22.0 Å². The van der Waals surface area contributed by atoms with Crippen molar-refractivity contribution < 1.29 is 4.74 Å². The number of halogens is 1. The number of hydrogen-bond donors (Lipinski definition) is 0. The topological polar surface area (TPSA) is 49.2 Å². The van der Waals surface area contributed by atoms with Crippen molar-refractivity contribution >= 4 is 21.6 Å². The Labute approximate surface area is 96.6 Å². The van der Waals surface area contributed by atoms with Crippen LogP contribution < -0.4 is 4.90 Å². The summed E-state index contributed by atoms with van der Waals surface area (Å²) < 4.78 is 6.16. The van der Waals surface area contributed by atoms with Crippen LogP contribution in [0.4, 0.5) is 5.69 Å². The van der Waals surface area contributed by atoms with Crippen molar-refractivity contribution in [2.24, 2.45) is 0 Å². The highest BCUT2D eigenvalue weighted by Crippen LogP contribution is 2.23. The lowest BCUT2D eigenvalue weighted by atomic mass is 10.2. The highest BCUT2D eigenvalue weighted by atomic mass is 79.9. The maximum absolute atomic E-state index is 8.95. The van der Waals surface area contributed by atoms with Crippen LogP contribution in [-0.2, 0) is 4.74 Å². The van der Waals surface area contributed by atoms with Crippen LogP contribution in [0, 0.1) is 11.3 Å². The molecule has 2 heterocycles.